The van der Waals surface area contributed by atoms with Gasteiger partial charge in [0.1, 0.15) is 4.47 Å². The second-order valence-corrected chi connectivity index (χ2v) is 4.77. The third-order valence-electron chi connectivity index (χ3n) is 2.34. The molecule has 2 rings (SSSR count). The number of rotatable bonds is 2. The summed E-state index contributed by atoms with van der Waals surface area (Å²) in [4.78, 5) is 36.4. The van der Waals surface area contributed by atoms with E-state index >= 15 is 0 Å². The van der Waals surface area contributed by atoms with Crippen molar-refractivity contribution in [3.8, 4) is 5.69 Å². The number of benzene rings is 1. The maximum absolute atomic E-state index is 11.8. The topological polar surface area (TPSA) is 92.2 Å². The van der Waals surface area contributed by atoms with Gasteiger partial charge in [0.05, 0.1) is 5.69 Å². The number of aromatic carboxylic acids is 1. The van der Waals surface area contributed by atoms with Crippen molar-refractivity contribution < 1.29 is 9.90 Å². The average molecular weight is 346 g/mol. The van der Waals surface area contributed by atoms with Crippen LogP contribution in [0.25, 0.3) is 5.69 Å². The molecule has 6 nitrogen and oxygen atoms in total. The number of aromatic nitrogens is 2. The average Bonchev–Trinajstić information content (AvgIpc) is 2.34. The first-order valence-corrected chi connectivity index (χ1v) is 6.13. The van der Waals surface area contributed by atoms with E-state index in [1.165, 1.54) is 24.3 Å². The van der Waals surface area contributed by atoms with Crippen LogP contribution in [0.4, 0.5) is 0 Å². The highest BCUT2D eigenvalue weighted by atomic mass is 79.9. The normalized spacial score (nSPS) is 10.4. The molecule has 0 amide bonds. The number of H-pyrrole nitrogens is 1. The predicted molar refractivity (Wildman–Crippen MR) is 72.3 cm³/mol. The summed E-state index contributed by atoms with van der Waals surface area (Å²) in [6.45, 7) is 0. The quantitative estimate of drug-likeness (QED) is 0.865. The zero-order valence-corrected chi connectivity index (χ0v) is 11.5. The molecule has 0 spiro atoms. The Balaban J connectivity index is 2.87. The molecule has 0 saturated carbocycles. The molecule has 1 aromatic carbocycles. The molecular weight excluding hydrogens is 339 g/mol. The van der Waals surface area contributed by atoms with E-state index in [1.807, 2.05) is 4.98 Å². The third-order valence-corrected chi connectivity index (χ3v) is 3.33. The van der Waals surface area contributed by atoms with E-state index in [2.05, 4.69) is 15.9 Å². The van der Waals surface area contributed by atoms with Crippen LogP contribution in [0.3, 0.4) is 0 Å². The molecule has 0 fully saturated rings. The Kier molecular flexibility index (Phi) is 3.59. The molecule has 0 atom stereocenters. The smallest absolute Gasteiger partial charge is 0.354 e. The molecule has 0 aliphatic rings. The number of aromatic amines is 1. The lowest BCUT2D eigenvalue weighted by Crippen LogP contribution is -2.34. The van der Waals surface area contributed by atoms with Gasteiger partial charge >= 0.3 is 11.7 Å². The molecule has 0 aliphatic carbocycles. The summed E-state index contributed by atoms with van der Waals surface area (Å²) in [6, 6.07) is 5.96. The van der Waals surface area contributed by atoms with E-state index in [0.29, 0.717) is 5.02 Å². The van der Waals surface area contributed by atoms with E-state index in [-0.39, 0.29) is 10.2 Å². The molecular formula is C11H6BrClN2O4. The summed E-state index contributed by atoms with van der Waals surface area (Å²) in [7, 11) is 0. The van der Waals surface area contributed by atoms with E-state index in [0.717, 1.165) is 4.57 Å². The second kappa shape index (κ2) is 5.02. The van der Waals surface area contributed by atoms with Gasteiger partial charge in [-0.25, -0.2) is 9.59 Å². The highest BCUT2D eigenvalue weighted by Gasteiger charge is 2.20. The highest BCUT2D eigenvalue weighted by molar-refractivity contribution is 9.10. The van der Waals surface area contributed by atoms with Crippen molar-refractivity contribution >= 4 is 33.5 Å². The van der Waals surface area contributed by atoms with Gasteiger partial charge in [-0.1, -0.05) is 11.6 Å². The molecule has 1 heterocycles. The Labute approximate surface area is 119 Å². The van der Waals surface area contributed by atoms with Gasteiger partial charge in [0, 0.05) is 5.02 Å². The summed E-state index contributed by atoms with van der Waals surface area (Å²) in [5.74, 6) is -1.40. The molecule has 2 N–H and O–H groups in total. The summed E-state index contributed by atoms with van der Waals surface area (Å²) < 4.78 is 0.652. The van der Waals surface area contributed by atoms with Gasteiger partial charge in [0.15, 0.2) is 5.69 Å². The van der Waals surface area contributed by atoms with Crippen LogP contribution in [0, 0.1) is 0 Å². The molecule has 0 unspecified atom stereocenters. The SMILES string of the molecule is O=C(O)c1c(Br)c(=O)[nH]c(=O)n1-c1ccc(Cl)cc1. The zero-order chi connectivity index (χ0) is 14.2. The van der Waals surface area contributed by atoms with Gasteiger partial charge in [-0.05, 0) is 40.2 Å². The monoisotopic (exact) mass is 344 g/mol. The van der Waals surface area contributed by atoms with Crippen molar-refractivity contribution in [2.75, 3.05) is 0 Å². The largest absolute Gasteiger partial charge is 0.477 e. The Morgan fingerprint density at radius 1 is 1.26 bits per heavy atom. The van der Waals surface area contributed by atoms with Crippen LogP contribution in [0.1, 0.15) is 10.5 Å². The molecule has 0 aliphatic heterocycles. The Morgan fingerprint density at radius 2 is 1.84 bits per heavy atom. The summed E-state index contributed by atoms with van der Waals surface area (Å²) in [5, 5.41) is 9.58. The van der Waals surface area contributed by atoms with E-state index in [4.69, 9.17) is 16.7 Å². The van der Waals surface area contributed by atoms with Crippen LogP contribution in [-0.4, -0.2) is 20.6 Å². The van der Waals surface area contributed by atoms with Gasteiger partial charge in [0.2, 0.25) is 0 Å². The first-order chi connectivity index (χ1) is 8.91. The van der Waals surface area contributed by atoms with Gasteiger partial charge in [-0.3, -0.25) is 14.3 Å². The van der Waals surface area contributed by atoms with Gasteiger partial charge < -0.3 is 5.11 Å². The first-order valence-electron chi connectivity index (χ1n) is 4.96. The zero-order valence-electron chi connectivity index (χ0n) is 9.18. The maximum Gasteiger partial charge on any atom is 0.354 e. The fourth-order valence-electron chi connectivity index (χ4n) is 1.54. The molecule has 8 heteroatoms. The van der Waals surface area contributed by atoms with Gasteiger partial charge in [0.25, 0.3) is 5.56 Å². The molecule has 0 radical (unpaired) electrons. The number of carboxylic acid groups (broad SMARTS) is 1. The van der Waals surface area contributed by atoms with Crippen molar-refractivity contribution in [3.05, 3.63) is 60.3 Å². The number of carboxylic acids is 1. The van der Waals surface area contributed by atoms with Crippen LogP contribution in [0.5, 0.6) is 0 Å². The number of halogens is 2. The van der Waals surface area contributed by atoms with Crippen LogP contribution in [-0.2, 0) is 0 Å². The molecule has 1 aromatic heterocycles. The Morgan fingerprint density at radius 3 is 2.37 bits per heavy atom. The molecule has 0 saturated heterocycles. The summed E-state index contributed by atoms with van der Waals surface area (Å²) >= 11 is 8.59. The number of nitrogens with zero attached hydrogens (tertiary/aromatic N) is 1. The van der Waals surface area contributed by atoms with Crippen LogP contribution in [0.15, 0.2) is 38.3 Å². The number of nitrogens with one attached hydrogen (secondary N) is 1. The van der Waals surface area contributed by atoms with E-state index < -0.39 is 22.9 Å². The van der Waals surface area contributed by atoms with Crippen LogP contribution >= 0.6 is 27.5 Å². The van der Waals surface area contributed by atoms with Crippen LogP contribution in [0.2, 0.25) is 5.02 Å². The molecule has 19 heavy (non-hydrogen) atoms. The maximum atomic E-state index is 11.8. The fourth-order valence-corrected chi connectivity index (χ4v) is 2.11. The number of hydrogen-bond acceptors (Lipinski definition) is 3. The molecule has 2 aromatic rings. The van der Waals surface area contributed by atoms with Crippen molar-refractivity contribution in [2.24, 2.45) is 0 Å². The highest BCUT2D eigenvalue weighted by Crippen LogP contribution is 2.16. The number of hydrogen-bond donors (Lipinski definition) is 2. The Hall–Kier alpha value is -1.86. The first kappa shape index (κ1) is 13.6. The summed E-state index contributed by atoms with van der Waals surface area (Å²) in [5.41, 5.74) is -1.81. The lowest BCUT2D eigenvalue weighted by Gasteiger charge is -2.10. The van der Waals surface area contributed by atoms with Crippen LogP contribution < -0.4 is 11.2 Å². The van der Waals surface area contributed by atoms with E-state index in [9.17, 15) is 14.4 Å². The van der Waals surface area contributed by atoms with Crippen molar-refractivity contribution in [1.82, 2.24) is 9.55 Å². The van der Waals surface area contributed by atoms with Gasteiger partial charge in [-0.2, -0.15) is 0 Å². The molecule has 0 bridgehead atoms. The minimum atomic E-state index is -1.40. The lowest BCUT2D eigenvalue weighted by atomic mass is 10.3. The fraction of sp³-hybridized carbons (Fsp3) is 0. The minimum Gasteiger partial charge on any atom is -0.477 e. The lowest BCUT2D eigenvalue weighted by molar-refractivity contribution is 0.0685. The Bertz CT molecular complexity index is 764. The van der Waals surface area contributed by atoms with Crippen molar-refractivity contribution in [2.45, 2.75) is 0 Å². The summed E-state index contributed by atoms with van der Waals surface area (Å²) in [6.07, 6.45) is 0. The minimum absolute atomic E-state index is 0.227. The van der Waals surface area contributed by atoms with Crippen molar-refractivity contribution in [3.63, 3.8) is 0 Å². The van der Waals surface area contributed by atoms with Crippen molar-refractivity contribution in [1.29, 1.82) is 0 Å². The van der Waals surface area contributed by atoms with Gasteiger partial charge in [-0.15, -0.1) is 0 Å². The predicted octanol–water partition coefficient (Wildman–Crippen LogP) is 1.64. The standard InChI is InChI=1S/C11H6BrClN2O4/c12-7-8(10(17)18)15(11(19)14-9(7)16)6-3-1-5(13)2-4-6/h1-4H,(H,17,18)(H,14,16,19). The third kappa shape index (κ3) is 2.47. The second-order valence-electron chi connectivity index (χ2n) is 3.54. The molecule has 98 valence electrons. The number of carbonyl (C=O) groups is 1. The van der Waals surface area contributed by atoms with E-state index in [1.54, 1.807) is 0 Å².